The van der Waals surface area contributed by atoms with Gasteiger partial charge in [0.1, 0.15) is 11.4 Å². The maximum absolute atomic E-state index is 14.6. The number of nitrogens with one attached hydrogen (secondary N) is 1. The van der Waals surface area contributed by atoms with E-state index in [1.54, 1.807) is 30.3 Å². The van der Waals surface area contributed by atoms with Crippen LogP contribution in [-0.4, -0.2) is 45.7 Å². The molecule has 2 N–H and O–H groups in total. The second kappa shape index (κ2) is 14.3. The van der Waals surface area contributed by atoms with Gasteiger partial charge in [0.05, 0.1) is 12.5 Å². The number of carboxylic acids is 1. The molecule has 0 bridgehead atoms. The van der Waals surface area contributed by atoms with Crippen molar-refractivity contribution in [3.8, 4) is 0 Å². The van der Waals surface area contributed by atoms with Gasteiger partial charge >= 0.3 is 5.97 Å². The number of hydrogen-bond acceptors (Lipinski definition) is 4. The number of carboxylic acid groups (broad SMARTS) is 1. The number of aliphatic carboxylic acids is 1. The Morgan fingerprint density at radius 1 is 1.04 bits per heavy atom. The smallest absolute Gasteiger partial charge is 0.305 e. The topological polar surface area (TPSA) is 99.1 Å². The van der Waals surface area contributed by atoms with Crippen molar-refractivity contribution in [2.45, 2.75) is 104 Å². The highest BCUT2D eigenvalue weighted by Gasteiger charge is 2.54. The minimum absolute atomic E-state index is 0. The normalized spacial score (nSPS) is 23.6. The molecule has 0 saturated heterocycles. The van der Waals surface area contributed by atoms with Gasteiger partial charge in [0.15, 0.2) is 0 Å². The van der Waals surface area contributed by atoms with Crippen LogP contribution in [0.4, 0.5) is 0 Å². The number of hydrogen-bond donors (Lipinski definition) is 2. The van der Waals surface area contributed by atoms with Crippen LogP contribution in [0.2, 0.25) is 10.0 Å². The van der Waals surface area contributed by atoms with Crippen molar-refractivity contribution < 1.29 is 19.5 Å². The van der Waals surface area contributed by atoms with Crippen LogP contribution in [0, 0.1) is 17.3 Å². The van der Waals surface area contributed by atoms with Gasteiger partial charge in [-0.2, -0.15) is 0 Å². The molecule has 0 radical (unpaired) electrons. The fourth-order valence-electron chi connectivity index (χ4n) is 7.37. The van der Waals surface area contributed by atoms with Gasteiger partial charge in [-0.25, -0.2) is 0 Å². The van der Waals surface area contributed by atoms with Gasteiger partial charge in [-0.3, -0.25) is 19.4 Å². The summed E-state index contributed by atoms with van der Waals surface area (Å²) in [5.41, 5.74) is 1.85. The minimum atomic E-state index is -0.963. The maximum atomic E-state index is 14.6. The number of fused-ring (bicyclic) bond motifs is 1. The van der Waals surface area contributed by atoms with Crippen molar-refractivity contribution in [2.24, 2.45) is 22.2 Å². The summed E-state index contributed by atoms with van der Waals surface area (Å²) in [6.07, 6.45) is 9.10. The van der Waals surface area contributed by atoms with Gasteiger partial charge in [-0.15, -0.1) is 0 Å². The standard InChI is InChI=1S/C35H43Cl2N3O4.CH4/c1-34(2,3)15-13-29(23-8-10-24(11-9-23)32(43)38-17-14-30(41)42)40-33(44)31(26-18-27(36)20-28(37)19-26)39-35(40)16-12-22-6-4-5-7-25(22)21-35;/h8-11,18-20,22,25,29H,4-7,12-17,21H2,1-3H3,(H,38,43)(H,41,42);1H4/t22?,25?,29-,35?;/m1./s1. The number of benzene rings is 2. The number of halogens is 2. The van der Waals surface area contributed by atoms with E-state index in [1.807, 2.05) is 12.1 Å². The summed E-state index contributed by atoms with van der Waals surface area (Å²) in [6.45, 7) is 6.68. The van der Waals surface area contributed by atoms with Gasteiger partial charge in [0, 0.05) is 27.7 Å². The highest BCUT2D eigenvalue weighted by atomic mass is 35.5. The molecule has 2 saturated carbocycles. The van der Waals surface area contributed by atoms with Crippen molar-refractivity contribution in [3.63, 3.8) is 0 Å². The maximum Gasteiger partial charge on any atom is 0.305 e. The lowest BCUT2D eigenvalue weighted by atomic mass is 9.67. The molecule has 2 fully saturated rings. The van der Waals surface area contributed by atoms with Crippen molar-refractivity contribution in [1.29, 1.82) is 0 Å². The third kappa shape index (κ3) is 8.10. The number of amides is 2. The molecule has 7 nitrogen and oxygen atoms in total. The average Bonchev–Trinajstić information content (AvgIpc) is 3.23. The predicted octanol–water partition coefficient (Wildman–Crippen LogP) is 8.72. The zero-order valence-corrected chi connectivity index (χ0v) is 27.4. The van der Waals surface area contributed by atoms with E-state index in [0.29, 0.717) is 38.7 Å². The Balaban J connectivity index is 0.00000461. The van der Waals surface area contributed by atoms with Crippen LogP contribution in [0.25, 0.3) is 0 Å². The first kappa shape index (κ1) is 35.0. The summed E-state index contributed by atoms with van der Waals surface area (Å²) in [5.74, 6) is -0.184. The molecular formula is C36H47Cl2N3O4. The van der Waals surface area contributed by atoms with E-state index in [2.05, 4.69) is 31.0 Å². The average molecular weight is 657 g/mol. The van der Waals surface area contributed by atoms with Crippen LogP contribution in [-0.2, 0) is 9.59 Å². The Labute approximate surface area is 277 Å². The van der Waals surface area contributed by atoms with Crippen molar-refractivity contribution in [1.82, 2.24) is 10.2 Å². The lowest BCUT2D eigenvalue weighted by molar-refractivity contribution is -0.137. The summed E-state index contributed by atoms with van der Waals surface area (Å²) in [7, 11) is 0. The number of rotatable bonds is 9. The monoisotopic (exact) mass is 655 g/mol. The van der Waals surface area contributed by atoms with Crippen LogP contribution in [0.5, 0.6) is 0 Å². The number of aliphatic imine (C=N–C) groups is 1. The predicted molar refractivity (Wildman–Crippen MR) is 181 cm³/mol. The number of carbonyl (C=O) groups excluding carboxylic acids is 2. The minimum Gasteiger partial charge on any atom is -0.481 e. The lowest BCUT2D eigenvalue weighted by Gasteiger charge is -2.49. The van der Waals surface area contributed by atoms with E-state index in [9.17, 15) is 14.4 Å². The second-order valence-electron chi connectivity index (χ2n) is 14.0. The molecule has 1 aliphatic heterocycles. The van der Waals surface area contributed by atoms with Crippen molar-refractivity contribution in [3.05, 3.63) is 69.2 Å². The van der Waals surface area contributed by atoms with E-state index in [0.717, 1.165) is 37.7 Å². The zero-order valence-electron chi connectivity index (χ0n) is 25.9. The molecule has 45 heavy (non-hydrogen) atoms. The molecule has 1 heterocycles. The van der Waals surface area contributed by atoms with Crippen molar-refractivity contribution in [2.75, 3.05) is 6.54 Å². The third-order valence-corrected chi connectivity index (χ3v) is 9.99. The first-order valence-corrected chi connectivity index (χ1v) is 16.6. The third-order valence-electron chi connectivity index (χ3n) is 9.56. The van der Waals surface area contributed by atoms with Gasteiger partial charge in [0.25, 0.3) is 11.8 Å². The first-order chi connectivity index (χ1) is 20.8. The fraction of sp³-hybridized carbons (Fsp3) is 0.556. The summed E-state index contributed by atoms with van der Waals surface area (Å²) < 4.78 is 0. The summed E-state index contributed by atoms with van der Waals surface area (Å²) >= 11 is 12.8. The Hall–Kier alpha value is -2.90. The molecule has 0 aromatic heterocycles. The van der Waals surface area contributed by atoms with Crippen LogP contribution < -0.4 is 5.32 Å². The SMILES string of the molecule is C.CC(C)(C)CC[C@H](c1ccc(C(=O)NCCC(=O)O)cc1)N1C(=O)C(c2cc(Cl)cc(Cl)c2)=NC12CCC1CCCCC1C2. The van der Waals surface area contributed by atoms with Gasteiger partial charge < -0.3 is 15.3 Å². The Kier molecular flexibility index (Phi) is 11.1. The molecule has 2 amide bonds. The van der Waals surface area contributed by atoms with E-state index < -0.39 is 11.6 Å². The van der Waals surface area contributed by atoms with E-state index in [1.165, 1.54) is 25.7 Å². The molecule has 2 aromatic rings. The van der Waals surface area contributed by atoms with Crippen LogP contribution >= 0.6 is 23.2 Å². The van der Waals surface area contributed by atoms with Crippen LogP contribution in [0.3, 0.4) is 0 Å². The molecule has 244 valence electrons. The molecule has 2 aromatic carbocycles. The van der Waals surface area contributed by atoms with E-state index >= 15 is 0 Å². The summed E-state index contributed by atoms with van der Waals surface area (Å²) in [4.78, 5) is 45.6. The molecule has 1 spiro atoms. The first-order valence-electron chi connectivity index (χ1n) is 15.9. The van der Waals surface area contributed by atoms with Gasteiger partial charge in [-0.05, 0) is 85.3 Å². The molecule has 9 heteroatoms. The highest BCUT2D eigenvalue weighted by molar-refractivity contribution is 6.47. The quantitative estimate of drug-likeness (QED) is 0.282. The number of nitrogens with zero attached hydrogens (tertiary/aromatic N) is 2. The largest absolute Gasteiger partial charge is 0.481 e. The fourth-order valence-corrected chi connectivity index (χ4v) is 7.90. The Bertz CT molecular complexity index is 1410. The summed E-state index contributed by atoms with van der Waals surface area (Å²) in [5, 5.41) is 12.5. The van der Waals surface area contributed by atoms with Crippen molar-refractivity contribution >= 4 is 46.7 Å². The molecule has 3 aliphatic rings. The summed E-state index contributed by atoms with van der Waals surface area (Å²) in [6, 6.07) is 12.4. The second-order valence-corrected chi connectivity index (χ2v) is 14.8. The molecule has 5 rings (SSSR count). The molecule has 4 atom stereocenters. The molecular weight excluding hydrogens is 609 g/mol. The van der Waals surface area contributed by atoms with Crippen LogP contribution in [0.15, 0.2) is 47.5 Å². The van der Waals surface area contributed by atoms with E-state index in [4.69, 9.17) is 33.3 Å². The highest BCUT2D eigenvalue weighted by Crippen LogP contribution is 2.52. The van der Waals surface area contributed by atoms with Gasteiger partial charge in [-0.1, -0.05) is 89.2 Å². The van der Waals surface area contributed by atoms with Crippen LogP contribution in [0.1, 0.15) is 120 Å². The Morgan fingerprint density at radius 3 is 2.31 bits per heavy atom. The Morgan fingerprint density at radius 2 is 1.69 bits per heavy atom. The zero-order chi connectivity index (χ0) is 31.6. The van der Waals surface area contributed by atoms with Gasteiger partial charge in [0.2, 0.25) is 0 Å². The molecule has 2 aliphatic carbocycles. The molecule has 3 unspecified atom stereocenters. The number of carbonyl (C=O) groups is 3. The van der Waals surface area contributed by atoms with E-state index in [-0.39, 0.29) is 43.7 Å². The lowest BCUT2D eigenvalue weighted by Crippen LogP contribution is -2.53.